The SMILES string of the molecule is CCCCCN(Cc1cccn1Cc1cccc(OC)c1)C(=O)c1ccc(Cl)c(Cl)c1. The van der Waals surface area contributed by atoms with E-state index in [2.05, 4.69) is 23.6 Å². The molecular formula is C25H28Cl2N2O2. The summed E-state index contributed by atoms with van der Waals surface area (Å²) in [5.74, 6) is 0.797. The summed E-state index contributed by atoms with van der Waals surface area (Å²) < 4.78 is 7.51. The van der Waals surface area contributed by atoms with Gasteiger partial charge in [-0.2, -0.15) is 0 Å². The van der Waals surface area contributed by atoms with E-state index in [-0.39, 0.29) is 5.91 Å². The van der Waals surface area contributed by atoms with Gasteiger partial charge in [-0.25, -0.2) is 0 Å². The Hall–Kier alpha value is -2.43. The van der Waals surface area contributed by atoms with Gasteiger partial charge in [0.05, 0.1) is 23.7 Å². The topological polar surface area (TPSA) is 34.5 Å². The molecule has 3 aromatic rings. The molecule has 3 rings (SSSR count). The van der Waals surface area contributed by atoms with Crippen LogP contribution >= 0.6 is 23.2 Å². The van der Waals surface area contributed by atoms with E-state index in [0.29, 0.717) is 35.2 Å². The molecule has 31 heavy (non-hydrogen) atoms. The summed E-state index contributed by atoms with van der Waals surface area (Å²) in [4.78, 5) is 15.2. The number of hydrogen-bond donors (Lipinski definition) is 0. The molecule has 0 atom stereocenters. The lowest BCUT2D eigenvalue weighted by Crippen LogP contribution is -2.32. The molecule has 0 fully saturated rings. The van der Waals surface area contributed by atoms with Crippen molar-refractivity contribution in [2.75, 3.05) is 13.7 Å². The Bertz CT molecular complexity index is 1020. The maximum absolute atomic E-state index is 13.3. The van der Waals surface area contributed by atoms with E-state index in [1.54, 1.807) is 25.3 Å². The molecule has 0 bridgehead atoms. The van der Waals surface area contributed by atoms with Gasteiger partial charge < -0.3 is 14.2 Å². The quantitative estimate of drug-likeness (QED) is 0.317. The Labute approximate surface area is 194 Å². The summed E-state index contributed by atoms with van der Waals surface area (Å²) in [7, 11) is 1.67. The molecule has 0 radical (unpaired) electrons. The number of nitrogens with zero attached hydrogens (tertiary/aromatic N) is 2. The molecule has 0 saturated heterocycles. The van der Waals surface area contributed by atoms with Crippen molar-refractivity contribution < 1.29 is 9.53 Å². The molecule has 0 unspecified atom stereocenters. The van der Waals surface area contributed by atoms with Gasteiger partial charge in [-0.15, -0.1) is 0 Å². The molecule has 0 saturated carbocycles. The van der Waals surface area contributed by atoms with E-state index in [1.165, 1.54) is 0 Å². The van der Waals surface area contributed by atoms with Crippen molar-refractivity contribution >= 4 is 29.1 Å². The minimum Gasteiger partial charge on any atom is -0.497 e. The van der Waals surface area contributed by atoms with E-state index in [0.717, 1.165) is 36.3 Å². The fraction of sp³-hybridized carbons (Fsp3) is 0.320. The maximum Gasteiger partial charge on any atom is 0.254 e. The predicted octanol–water partition coefficient (Wildman–Crippen LogP) is 6.68. The van der Waals surface area contributed by atoms with Crippen LogP contribution in [0.5, 0.6) is 5.75 Å². The third-order valence-electron chi connectivity index (χ3n) is 5.25. The van der Waals surface area contributed by atoms with Gasteiger partial charge in [0.1, 0.15) is 5.75 Å². The zero-order valence-electron chi connectivity index (χ0n) is 18.0. The third-order valence-corrected chi connectivity index (χ3v) is 5.99. The largest absolute Gasteiger partial charge is 0.497 e. The van der Waals surface area contributed by atoms with Gasteiger partial charge in [0.25, 0.3) is 5.91 Å². The van der Waals surface area contributed by atoms with Crippen molar-refractivity contribution in [3.63, 3.8) is 0 Å². The number of carbonyl (C=O) groups excluding carboxylic acids is 1. The Morgan fingerprint density at radius 1 is 1.03 bits per heavy atom. The van der Waals surface area contributed by atoms with Crippen molar-refractivity contribution in [1.29, 1.82) is 0 Å². The highest BCUT2D eigenvalue weighted by atomic mass is 35.5. The second-order valence-electron chi connectivity index (χ2n) is 7.54. The normalized spacial score (nSPS) is 10.8. The van der Waals surface area contributed by atoms with Crippen molar-refractivity contribution in [3.8, 4) is 5.75 Å². The molecule has 4 nitrogen and oxygen atoms in total. The number of benzene rings is 2. The zero-order valence-corrected chi connectivity index (χ0v) is 19.5. The minimum absolute atomic E-state index is 0.0381. The number of ether oxygens (including phenoxy) is 1. The minimum atomic E-state index is -0.0381. The third kappa shape index (κ3) is 6.28. The summed E-state index contributed by atoms with van der Waals surface area (Å²) in [6, 6.07) is 17.2. The van der Waals surface area contributed by atoms with Gasteiger partial charge in [0.2, 0.25) is 0 Å². The summed E-state index contributed by atoms with van der Waals surface area (Å²) in [5.41, 5.74) is 2.77. The smallest absolute Gasteiger partial charge is 0.254 e. The fourth-order valence-electron chi connectivity index (χ4n) is 3.53. The van der Waals surface area contributed by atoms with Crippen LogP contribution in [0.15, 0.2) is 60.8 Å². The van der Waals surface area contributed by atoms with Crippen LogP contribution in [0.1, 0.15) is 47.8 Å². The Kier molecular flexibility index (Phi) is 8.44. The number of rotatable bonds is 10. The maximum atomic E-state index is 13.3. The fourth-order valence-corrected chi connectivity index (χ4v) is 3.83. The summed E-state index contributed by atoms with van der Waals surface area (Å²) in [5, 5.41) is 0.838. The van der Waals surface area contributed by atoms with Crippen LogP contribution in [0, 0.1) is 0 Å². The average molecular weight is 459 g/mol. The van der Waals surface area contributed by atoms with Crippen LogP contribution in [0.4, 0.5) is 0 Å². The molecule has 164 valence electrons. The number of methoxy groups -OCH3 is 1. The molecule has 0 aliphatic carbocycles. The first kappa shape index (κ1) is 23.2. The average Bonchev–Trinajstić information content (AvgIpc) is 3.21. The van der Waals surface area contributed by atoms with E-state index < -0.39 is 0 Å². The highest BCUT2D eigenvalue weighted by Gasteiger charge is 2.18. The van der Waals surface area contributed by atoms with E-state index >= 15 is 0 Å². The standard InChI is InChI=1S/C25H28Cl2N2O2/c1-3-4-5-13-29(25(30)20-11-12-23(26)24(27)16-20)18-21-9-7-14-28(21)17-19-8-6-10-22(15-19)31-2/h6-12,14-16H,3-5,13,17-18H2,1-2H3. The van der Waals surface area contributed by atoms with Crippen molar-refractivity contribution in [2.24, 2.45) is 0 Å². The molecular weight excluding hydrogens is 431 g/mol. The van der Waals surface area contributed by atoms with Gasteiger partial charge in [-0.1, -0.05) is 55.1 Å². The monoisotopic (exact) mass is 458 g/mol. The Morgan fingerprint density at radius 3 is 2.61 bits per heavy atom. The van der Waals surface area contributed by atoms with Gasteiger partial charge >= 0.3 is 0 Å². The number of hydrogen-bond acceptors (Lipinski definition) is 2. The van der Waals surface area contributed by atoms with Gasteiger partial charge in [-0.3, -0.25) is 4.79 Å². The summed E-state index contributed by atoms with van der Waals surface area (Å²) >= 11 is 12.2. The molecule has 1 amide bonds. The lowest BCUT2D eigenvalue weighted by atomic mass is 10.1. The molecule has 0 N–H and O–H groups in total. The van der Waals surface area contributed by atoms with E-state index in [9.17, 15) is 4.79 Å². The molecule has 2 aromatic carbocycles. The van der Waals surface area contributed by atoms with Crippen molar-refractivity contribution in [2.45, 2.75) is 39.3 Å². The number of aromatic nitrogens is 1. The lowest BCUT2D eigenvalue weighted by Gasteiger charge is -2.24. The molecule has 0 aliphatic heterocycles. The summed E-state index contributed by atoms with van der Waals surface area (Å²) in [6.07, 6.45) is 5.18. The first-order valence-corrected chi connectivity index (χ1v) is 11.3. The van der Waals surface area contributed by atoms with Crippen LogP contribution in [0.3, 0.4) is 0 Å². The predicted molar refractivity (Wildman–Crippen MR) is 127 cm³/mol. The molecule has 0 aliphatic rings. The molecule has 1 heterocycles. The first-order chi connectivity index (χ1) is 15.0. The second-order valence-corrected chi connectivity index (χ2v) is 8.36. The van der Waals surface area contributed by atoms with Crippen LogP contribution < -0.4 is 4.74 Å². The highest BCUT2D eigenvalue weighted by Crippen LogP contribution is 2.24. The molecule has 0 spiro atoms. The lowest BCUT2D eigenvalue weighted by molar-refractivity contribution is 0.0736. The van der Waals surface area contributed by atoms with Crippen molar-refractivity contribution in [1.82, 2.24) is 9.47 Å². The van der Waals surface area contributed by atoms with Crippen LogP contribution in [0.2, 0.25) is 10.0 Å². The number of carbonyl (C=O) groups is 1. The molecule has 1 aromatic heterocycles. The van der Waals surface area contributed by atoms with Gasteiger partial charge in [0.15, 0.2) is 0 Å². The van der Waals surface area contributed by atoms with Crippen molar-refractivity contribution in [3.05, 3.63) is 87.7 Å². The molecule has 6 heteroatoms. The Morgan fingerprint density at radius 2 is 1.87 bits per heavy atom. The second kappa shape index (κ2) is 11.3. The number of unbranched alkanes of at least 4 members (excludes halogenated alkanes) is 2. The Balaban J connectivity index is 1.80. The first-order valence-electron chi connectivity index (χ1n) is 10.5. The highest BCUT2D eigenvalue weighted by molar-refractivity contribution is 6.42. The summed E-state index contributed by atoms with van der Waals surface area (Å²) in [6.45, 7) is 4.09. The van der Waals surface area contributed by atoms with Crippen LogP contribution in [-0.4, -0.2) is 29.0 Å². The van der Waals surface area contributed by atoms with E-state index in [1.807, 2.05) is 35.4 Å². The zero-order chi connectivity index (χ0) is 22.2. The van der Waals surface area contributed by atoms with Crippen LogP contribution in [0.25, 0.3) is 0 Å². The number of halogens is 2. The van der Waals surface area contributed by atoms with E-state index in [4.69, 9.17) is 27.9 Å². The number of amides is 1. The van der Waals surface area contributed by atoms with Crippen LogP contribution in [-0.2, 0) is 13.1 Å². The van der Waals surface area contributed by atoms with Gasteiger partial charge in [0, 0.05) is 30.5 Å². The van der Waals surface area contributed by atoms with Gasteiger partial charge in [-0.05, 0) is 54.4 Å².